The Bertz CT molecular complexity index is 836. The van der Waals surface area contributed by atoms with Crippen LogP contribution in [-0.2, 0) is 4.79 Å². The van der Waals surface area contributed by atoms with Gasteiger partial charge in [-0.15, -0.1) is 5.10 Å². The van der Waals surface area contributed by atoms with Crippen LogP contribution in [0.1, 0.15) is 11.1 Å². The Kier molecular flexibility index (Phi) is 4.19. The zero-order valence-electron chi connectivity index (χ0n) is 13.0. The number of hydrogen-bond acceptors (Lipinski definition) is 4. The first-order valence-electron chi connectivity index (χ1n) is 7.33. The van der Waals surface area contributed by atoms with Crippen LogP contribution in [0.4, 0.5) is 5.69 Å². The summed E-state index contributed by atoms with van der Waals surface area (Å²) in [4.78, 5) is 12.1. The molecule has 1 heterocycles. The summed E-state index contributed by atoms with van der Waals surface area (Å²) in [5.74, 6) is 0.128. The molecule has 0 aliphatic heterocycles. The Hall–Kier alpha value is -2.95. The van der Waals surface area contributed by atoms with Crippen molar-refractivity contribution in [1.29, 1.82) is 0 Å². The first-order chi connectivity index (χ1) is 11.1. The fourth-order valence-corrected chi connectivity index (χ4v) is 2.49. The number of carbonyl (C=O) groups excluding carboxylic acids is 1. The average Bonchev–Trinajstić information content (AvgIpc) is 2.52. The molecular formula is C18H17N3O2. The monoisotopic (exact) mass is 307 g/mol. The lowest BCUT2D eigenvalue weighted by Gasteiger charge is -2.09. The number of rotatable bonds is 4. The average molecular weight is 307 g/mol. The van der Waals surface area contributed by atoms with E-state index in [0.717, 1.165) is 27.6 Å². The van der Waals surface area contributed by atoms with Gasteiger partial charge in [-0.3, -0.25) is 4.79 Å². The lowest BCUT2D eigenvalue weighted by atomic mass is 10.1. The van der Waals surface area contributed by atoms with Crippen LogP contribution in [0, 0.1) is 13.8 Å². The summed E-state index contributed by atoms with van der Waals surface area (Å²) in [7, 11) is 0. The molecule has 3 rings (SSSR count). The molecule has 0 fully saturated rings. The second-order valence-corrected chi connectivity index (χ2v) is 5.45. The van der Waals surface area contributed by atoms with Gasteiger partial charge in [0.1, 0.15) is 0 Å². The number of aromatic nitrogens is 2. The van der Waals surface area contributed by atoms with E-state index in [9.17, 15) is 4.79 Å². The molecular weight excluding hydrogens is 290 g/mol. The maximum atomic E-state index is 12.1. The minimum atomic E-state index is -0.232. The van der Waals surface area contributed by atoms with Gasteiger partial charge in [0.25, 0.3) is 5.91 Å². The highest BCUT2D eigenvalue weighted by Crippen LogP contribution is 2.21. The number of anilines is 1. The van der Waals surface area contributed by atoms with Gasteiger partial charge in [0, 0.05) is 16.5 Å². The van der Waals surface area contributed by atoms with E-state index in [1.165, 1.54) is 0 Å². The molecule has 0 unspecified atom stereocenters. The Balaban J connectivity index is 1.68. The van der Waals surface area contributed by atoms with E-state index in [4.69, 9.17) is 4.74 Å². The Morgan fingerprint density at radius 1 is 1.13 bits per heavy atom. The molecule has 5 nitrogen and oxygen atoms in total. The van der Waals surface area contributed by atoms with E-state index in [1.54, 1.807) is 6.20 Å². The fraction of sp³-hybridized carbons (Fsp3) is 0.167. The number of amides is 1. The molecule has 5 heteroatoms. The maximum absolute atomic E-state index is 12.1. The van der Waals surface area contributed by atoms with Gasteiger partial charge in [-0.05, 0) is 43.2 Å². The molecule has 23 heavy (non-hydrogen) atoms. The standard InChI is InChI=1S/C18H17N3O2/c1-12-7-13(2)9-15(8-12)20-17(22)11-23-18-16-6-4-3-5-14(16)10-19-21-18/h3-10H,11H2,1-2H3,(H,20,22). The van der Waals surface area contributed by atoms with Crippen LogP contribution in [0.25, 0.3) is 10.8 Å². The van der Waals surface area contributed by atoms with Crippen molar-refractivity contribution >= 4 is 22.4 Å². The van der Waals surface area contributed by atoms with E-state index >= 15 is 0 Å². The van der Waals surface area contributed by atoms with Crippen molar-refractivity contribution in [3.05, 3.63) is 59.8 Å². The maximum Gasteiger partial charge on any atom is 0.262 e. The molecule has 0 spiro atoms. The molecule has 1 aromatic heterocycles. The van der Waals surface area contributed by atoms with Crippen LogP contribution in [0.15, 0.2) is 48.7 Å². The van der Waals surface area contributed by atoms with Crippen molar-refractivity contribution in [2.24, 2.45) is 0 Å². The van der Waals surface area contributed by atoms with E-state index in [1.807, 2.05) is 50.2 Å². The minimum absolute atomic E-state index is 0.115. The topological polar surface area (TPSA) is 64.1 Å². The van der Waals surface area contributed by atoms with E-state index < -0.39 is 0 Å². The summed E-state index contributed by atoms with van der Waals surface area (Å²) >= 11 is 0. The van der Waals surface area contributed by atoms with E-state index in [2.05, 4.69) is 21.6 Å². The molecule has 0 aliphatic rings. The van der Waals surface area contributed by atoms with E-state index in [0.29, 0.717) is 5.88 Å². The second kappa shape index (κ2) is 6.44. The third-order valence-electron chi connectivity index (χ3n) is 3.38. The third kappa shape index (κ3) is 3.63. The van der Waals surface area contributed by atoms with Gasteiger partial charge >= 0.3 is 0 Å². The summed E-state index contributed by atoms with van der Waals surface area (Å²) in [5, 5.41) is 12.4. The molecule has 0 aliphatic carbocycles. The zero-order valence-corrected chi connectivity index (χ0v) is 13.0. The molecule has 0 atom stereocenters. The first kappa shape index (κ1) is 15.0. The summed E-state index contributed by atoms with van der Waals surface area (Å²) in [5.41, 5.74) is 2.96. The van der Waals surface area contributed by atoms with Gasteiger partial charge in [0.2, 0.25) is 5.88 Å². The van der Waals surface area contributed by atoms with Gasteiger partial charge in [-0.2, -0.15) is 5.10 Å². The van der Waals surface area contributed by atoms with Crippen molar-refractivity contribution in [1.82, 2.24) is 10.2 Å². The minimum Gasteiger partial charge on any atom is -0.466 e. The predicted octanol–water partition coefficient (Wildman–Crippen LogP) is 3.26. The van der Waals surface area contributed by atoms with Gasteiger partial charge in [-0.1, -0.05) is 24.3 Å². The van der Waals surface area contributed by atoms with Gasteiger partial charge in [0.15, 0.2) is 6.61 Å². The number of nitrogens with one attached hydrogen (secondary N) is 1. The lowest BCUT2D eigenvalue weighted by molar-refractivity contribution is -0.118. The SMILES string of the molecule is Cc1cc(C)cc(NC(=O)COc2nncc3ccccc23)c1. The van der Waals surface area contributed by atoms with Gasteiger partial charge in [0.05, 0.1) is 6.20 Å². The molecule has 116 valence electrons. The smallest absolute Gasteiger partial charge is 0.262 e. The third-order valence-corrected chi connectivity index (χ3v) is 3.38. The largest absolute Gasteiger partial charge is 0.466 e. The van der Waals surface area contributed by atoms with Gasteiger partial charge < -0.3 is 10.1 Å². The molecule has 0 saturated carbocycles. The second-order valence-electron chi connectivity index (χ2n) is 5.45. The van der Waals surface area contributed by atoms with Crippen LogP contribution in [0.2, 0.25) is 0 Å². The van der Waals surface area contributed by atoms with Crippen molar-refractivity contribution in [2.45, 2.75) is 13.8 Å². The van der Waals surface area contributed by atoms with Crippen molar-refractivity contribution < 1.29 is 9.53 Å². The van der Waals surface area contributed by atoms with Crippen molar-refractivity contribution in [3.63, 3.8) is 0 Å². The highest BCUT2D eigenvalue weighted by Gasteiger charge is 2.08. The molecule has 3 aromatic rings. The zero-order chi connectivity index (χ0) is 16.2. The van der Waals surface area contributed by atoms with Crippen LogP contribution in [0.3, 0.4) is 0 Å². The molecule has 0 bridgehead atoms. The number of nitrogens with zero attached hydrogens (tertiary/aromatic N) is 2. The summed E-state index contributed by atoms with van der Waals surface area (Å²) in [6.45, 7) is 3.87. The first-order valence-corrected chi connectivity index (χ1v) is 7.33. The molecule has 1 N–H and O–H groups in total. The number of aryl methyl sites for hydroxylation is 2. The van der Waals surface area contributed by atoms with Crippen LogP contribution >= 0.6 is 0 Å². The predicted molar refractivity (Wildman–Crippen MR) is 89.6 cm³/mol. The highest BCUT2D eigenvalue weighted by molar-refractivity contribution is 5.92. The van der Waals surface area contributed by atoms with Crippen LogP contribution < -0.4 is 10.1 Å². The number of ether oxygens (including phenoxy) is 1. The van der Waals surface area contributed by atoms with Crippen LogP contribution in [-0.4, -0.2) is 22.7 Å². The summed E-state index contributed by atoms with van der Waals surface area (Å²) in [6, 6.07) is 13.5. The Labute approximate surface area is 134 Å². The van der Waals surface area contributed by atoms with Crippen molar-refractivity contribution in [3.8, 4) is 5.88 Å². The summed E-state index contributed by atoms with van der Waals surface area (Å²) < 4.78 is 5.53. The quantitative estimate of drug-likeness (QED) is 0.803. The molecule has 0 saturated heterocycles. The Morgan fingerprint density at radius 2 is 1.87 bits per heavy atom. The lowest BCUT2D eigenvalue weighted by Crippen LogP contribution is -2.20. The number of fused-ring (bicyclic) bond motifs is 1. The fourth-order valence-electron chi connectivity index (χ4n) is 2.49. The number of carbonyl (C=O) groups is 1. The van der Waals surface area contributed by atoms with E-state index in [-0.39, 0.29) is 12.5 Å². The molecule has 1 amide bonds. The highest BCUT2D eigenvalue weighted by atomic mass is 16.5. The number of benzene rings is 2. The molecule has 2 aromatic carbocycles. The van der Waals surface area contributed by atoms with Crippen LogP contribution in [0.5, 0.6) is 5.88 Å². The van der Waals surface area contributed by atoms with Gasteiger partial charge in [-0.25, -0.2) is 0 Å². The Morgan fingerprint density at radius 3 is 2.65 bits per heavy atom. The number of hydrogen-bond donors (Lipinski definition) is 1. The summed E-state index contributed by atoms with van der Waals surface area (Å²) in [6.07, 6.45) is 1.66. The molecule has 0 radical (unpaired) electrons. The normalized spacial score (nSPS) is 10.5. The van der Waals surface area contributed by atoms with Crippen molar-refractivity contribution in [2.75, 3.05) is 11.9 Å².